The summed E-state index contributed by atoms with van der Waals surface area (Å²) in [5.41, 5.74) is -0.0311. The van der Waals surface area contributed by atoms with Crippen molar-refractivity contribution in [2.24, 2.45) is 11.8 Å². The molecule has 3 heterocycles. The maximum atomic E-state index is 12.6. The molecule has 0 unspecified atom stereocenters. The number of nitrogens with one attached hydrogen (secondary N) is 1. The second-order valence-corrected chi connectivity index (χ2v) is 7.47. The summed E-state index contributed by atoms with van der Waals surface area (Å²) in [6.07, 6.45) is 2.39. The number of hydrogen-bond donors (Lipinski definition) is 2. The molecular formula is C19H26N2O5. The third kappa shape index (κ3) is 3.21. The molecule has 26 heavy (non-hydrogen) atoms. The Hall–Kier alpha value is -1.99. The monoisotopic (exact) mass is 362 g/mol. The lowest BCUT2D eigenvalue weighted by Crippen LogP contribution is -2.57. The van der Waals surface area contributed by atoms with Gasteiger partial charge in [-0.05, 0) is 37.3 Å². The van der Waals surface area contributed by atoms with Gasteiger partial charge in [0.1, 0.15) is 0 Å². The predicted octanol–water partition coefficient (Wildman–Crippen LogP) is 2.45. The highest BCUT2D eigenvalue weighted by atomic mass is 16.7. The van der Waals surface area contributed by atoms with Gasteiger partial charge in [-0.3, -0.25) is 0 Å². The average molecular weight is 362 g/mol. The minimum atomic E-state index is -0.709. The zero-order valence-corrected chi connectivity index (χ0v) is 15.1. The average Bonchev–Trinajstić information content (AvgIpc) is 3.12. The standard InChI is InChI=1S/C19H26N2O5/c1-13-11-21(7-6-19(13,23)14-4-8-24-9-5-14)18(22)20-15-2-3-16-17(10-15)26-12-25-16/h2-3,10,13-14,23H,4-9,11-12H2,1H3,(H,20,22)/t13-,19+/m1/s1. The summed E-state index contributed by atoms with van der Waals surface area (Å²) in [5.74, 6) is 1.62. The Kier molecular flexibility index (Phi) is 4.67. The third-order valence-corrected chi connectivity index (χ3v) is 5.97. The van der Waals surface area contributed by atoms with Crippen LogP contribution in [0.5, 0.6) is 11.5 Å². The van der Waals surface area contributed by atoms with Crippen LogP contribution in [0, 0.1) is 11.8 Å². The van der Waals surface area contributed by atoms with Crippen LogP contribution in [0.1, 0.15) is 26.2 Å². The van der Waals surface area contributed by atoms with Gasteiger partial charge < -0.3 is 29.5 Å². The van der Waals surface area contributed by atoms with E-state index >= 15 is 0 Å². The molecule has 0 bridgehead atoms. The van der Waals surface area contributed by atoms with Crippen LogP contribution in [-0.4, -0.2) is 54.7 Å². The molecule has 0 saturated carbocycles. The highest BCUT2D eigenvalue weighted by Crippen LogP contribution is 2.39. The summed E-state index contributed by atoms with van der Waals surface area (Å²) in [6, 6.07) is 5.22. The SMILES string of the molecule is C[C@@H]1CN(C(=O)Nc2ccc3c(c2)OCO3)CC[C@@]1(O)C1CCOCC1. The van der Waals surface area contributed by atoms with Crippen LogP contribution in [0.2, 0.25) is 0 Å². The van der Waals surface area contributed by atoms with Crippen LogP contribution in [-0.2, 0) is 4.74 Å². The fourth-order valence-electron chi connectivity index (χ4n) is 4.31. The number of benzene rings is 1. The van der Waals surface area contributed by atoms with E-state index in [-0.39, 0.29) is 24.7 Å². The molecule has 2 fully saturated rings. The zero-order chi connectivity index (χ0) is 18.1. The lowest BCUT2D eigenvalue weighted by atomic mass is 9.70. The highest BCUT2D eigenvalue weighted by molar-refractivity contribution is 5.89. The Bertz CT molecular complexity index is 676. The molecule has 3 aliphatic rings. The Morgan fingerprint density at radius 2 is 2.04 bits per heavy atom. The van der Waals surface area contributed by atoms with Crippen molar-refractivity contribution in [1.82, 2.24) is 4.90 Å². The number of urea groups is 1. The first-order valence-electron chi connectivity index (χ1n) is 9.32. The topological polar surface area (TPSA) is 80.3 Å². The molecule has 7 heteroatoms. The first-order chi connectivity index (χ1) is 12.6. The number of piperidine rings is 1. The maximum absolute atomic E-state index is 12.6. The molecule has 142 valence electrons. The van der Waals surface area contributed by atoms with Gasteiger partial charge in [-0.1, -0.05) is 6.92 Å². The number of anilines is 1. The molecule has 2 saturated heterocycles. The molecule has 1 aromatic carbocycles. The summed E-state index contributed by atoms with van der Waals surface area (Å²) in [6.45, 7) is 4.78. The van der Waals surface area contributed by atoms with Crippen molar-refractivity contribution in [3.63, 3.8) is 0 Å². The number of hydrogen-bond acceptors (Lipinski definition) is 5. The minimum Gasteiger partial charge on any atom is -0.454 e. The number of carbonyl (C=O) groups excluding carboxylic acids is 1. The van der Waals surface area contributed by atoms with Gasteiger partial charge in [-0.2, -0.15) is 0 Å². The molecule has 2 amide bonds. The van der Waals surface area contributed by atoms with Gasteiger partial charge in [0.25, 0.3) is 0 Å². The number of ether oxygens (including phenoxy) is 3. The lowest BCUT2D eigenvalue weighted by molar-refractivity contribution is -0.124. The van der Waals surface area contributed by atoms with Gasteiger partial charge in [0.05, 0.1) is 5.60 Å². The highest BCUT2D eigenvalue weighted by Gasteiger charge is 2.46. The quantitative estimate of drug-likeness (QED) is 0.845. The van der Waals surface area contributed by atoms with E-state index in [1.54, 1.807) is 23.1 Å². The van der Waals surface area contributed by atoms with E-state index in [9.17, 15) is 9.90 Å². The van der Waals surface area contributed by atoms with Gasteiger partial charge in [0, 0.05) is 44.0 Å². The van der Waals surface area contributed by atoms with Crippen LogP contribution >= 0.6 is 0 Å². The summed E-state index contributed by atoms with van der Waals surface area (Å²) in [7, 11) is 0. The molecule has 7 nitrogen and oxygen atoms in total. The maximum Gasteiger partial charge on any atom is 0.321 e. The van der Waals surface area contributed by atoms with Crippen LogP contribution in [0.3, 0.4) is 0 Å². The molecule has 2 N–H and O–H groups in total. The van der Waals surface area contributed by atoms with E-state index in [0.717, 1.165) is 12.8 Å². The van der Waals surface area contributed by atoms with Crippen LogP contribution in [0.15, 0.2) is 18.2 Å². The van der Waals surface area contributed by atoms with E-state index in [0.29, 0.717) is 49.9 Å². The van der Waals surface area contributed by atoms with Crippen LogP contribution < -0.4 is 14.8 Å². The molecule has 3 aliphatic heterocycles. The van der Waals surface area contributed by atoms with Crippen molar-refractivity contribution >= 4 is 11.7 Å². The molecule has 0 spiro atoms. The van der Waals surface area contributed by atoms with Crippen molar-refractivity contribution < 1.29 is 24.1 Å². The fraction of sp³-hybridized carbons (Fsp3) is 0.632. The number of likely N-dealkylation sites (tertiary alicyclic amines) is 1. The van der Waals surface area contributed by atoms with E-state index in [1.807, 2.05) is 6.92 Å². The Labute approximate surface area is 153 Å². The van der Waals surface area contributed by atoms with Gasteiger partial charge >= 0.3 is 6.03 Å². The molecule has 1 aromatic rings. The second-order valence-electron chi connectivity index (χ2n) is 7.47. The first kappa shape index (κ1) is 17.4. The summed E-state index contributed by atoms with van der Waals surface area (Å²) < 4.78 is 16.1. The van der Waals surface area contributed by atoms with E-state index in [4.69, 9.17) is 14.2 Å². The van der Waals surface area contributed by atoms with Gasteiger partial charge in [0.2, 0.25) is 6.79 Å². The largest absolute Gasteiger partial charge is 0.454 e. The van der Waals surface area contributed by atoms with Crippen molar-refractivity contribution in [2.75, 3.05) is 38.4 Å². The van der Waals surface area contributed by atoms with Gasteiger partial charge in [0.15, 0.2) is 11.5 Å². The van der Waals surface area contributed by atoms with Crippen LogP contribution in [0.25, 0.3) is 0 Å². The molecule has 4 rings (SSSR count). The number of aliphatic hydroxyl groups is 1. The molecule has 2 atom stereocenters. The predicted molar refractivity (Wildman–Crippen MR) is 95.4 cm³/mol. The first-order valence-corrected chi connectivity index (χ1v) is 9.32. The lowest BCUT2D eigenvalue weighted by Gasteiger charge is -2.48. The second kappa shape index (κ2) is 6.96. The Morgan fingerprint density at radius 1 is 1.27 bits per heavy atom. The third-order valence-electron chi connectivity index (χ3n) is 5.97. The van der Waals surface area contributed by atoms with Crippen LogP contribution in [0.4, 0.5) is 10.5 Å². The zero-order valence-electron chi connectivity index (χ0n) is 15.1. The minimum absolute atomic E-state index is 0.0295. The number of carbonyl (C=O) groups is 1. The number of fused-ring (bicyclic) bond motifs is 1. The van der Waals surface area contributed by atoms with E-state index in [2.05, 4.69) is 5.32 Å². The van der Waals surface area contributed by atoms with Crippen molar-refractivity contribution in [3.8, 4) is 11.5 Å². The molecule has 0 radical (unpaired) electrons. The van der Waals surface area contributed by atoms with Gasteiger partial charge in [-0.15, -0.1) is 0 Å². The van der Waals surface area contributed by atoms with E-state index < -0.39 is 5.60 Å². The molecule has 0 aromatic heterocycles. The van der Waals surface area contributed by atoms with Crippen molar-refractivity contribution in [3.05, 3.63) is 18.2 Å². The number of amides is 2. The Morgan fingerprint density at radius 3 is 2.81 bits per heavy atom. The Balaban J connectivity index is 1.38. The smallest absolute Gasteiger partial charge is 0.321 e. The number of rotatable bonds is 2. The normalized spacial score (nSPS) is 28.8. The summed E-state index contributed by atoms with van der Waals surface area (Å²) in [4.78, 5) is 14.4. The summed E-state index contributed by atoms with van der Waals surface area (Å²) >= 11 is 0. The van der Waals surface area contributed by atoms with E-state index in [1.165, 1.54) is 0 Å². The van der Waals surface area contributed by atoms with Gasteiger partial charge in [-0.25, -0.2) is 4.79 Å². The van der Waals surface area contributed by atoms with Crippen molar-refractivity contribution in [1.29, 1.82) is 0 Å². The molecule has 0 aliphatic carbocycles. The van der Waals surface area contributed by atoms with Crippen molar-refractivity contribution in [2.45, 2.75) is 31.8 Å². The number of nitrogens with zero attached hydrogens (tertiary/aromatic N) is 1. The fourth-order valence-corrected chi connectivity index (χ4v) is 4.31. The molecular weight excluding hydrogens is 336 g/mol. The summed E-state index contributed by atoms with van der Waals surface area (Å²) in [5, 5.41) is 14.1.